The minimum Gasteiger partial charge on any atom is -0.481 e. The van der Waals surface area contributed by atoms with Crippen LogP contribution in [0.3, 0.4) is 0 Å². The number of carbonyl (C=O) groups excluding carboxylic acids is 1. The Bertz CT molecular complexity index is 698. The zero-order valence-corrected chi connectivity index (χ0v) is 18.8. The Balaban J connectivity index is 0.000000282. The number of benzene rings is 1. The lowest BCUT2D eigenvalue weighted by atomic mass is 10.1. The molecule has 8 heteroatoms. The average Bonchev–Trinajstić information content (AvgIpc) is 2.97. The molecule has 0 aliphatic carbocycles. The van der Waals surface area contributed by atoms with Crippen LogP contribution in [0.5, 0.6) is 0 Å². The van der Waals surface area contributed by atoms with Gasteiger partial charge in [-0.25, -0.2) is 0 Å². The summed E-state index contributed by atoms with van der Waals surface area (Å²) >= 11 is 0. The maximum absolute atomic E-state index is 12.5. The molecule has 180 valence electrons. The molecule has 2 atom stereocenters. The fourth-order valence-electron chi connectivity index (χ4n) is 4.44. The van der Waals surface area contributed by atoms with Gasteiger partial charge in [-0.3, -0.25) is 14.5 Å². The minimum atomic E-state index is -4.76. The molecule has 1 aromatic rings. The first kappa shape index (κ1) is 26.2. The number of hydrogen-bond acceptors (Lipinski definition) is 3. The number of amides is 1. The highest BCUT2D eigenvalue weighted by molar-refractivity contribution is 5.82. The number of carbonyl (C=O) groups is 2. The van der Waals surface area contributed by atoms with Crippen molar-refractivity contribution in [2.24, 2.45) is 0 Å². The molecule has 5 nitrogen and oxygen atoms in total. The van der Waals surface area contributed by atoms with E-state index in [4.69, 9.17) is 5.11 Å². The number of hydrogen-bond donors (Lipinski definition) is 1. The van der Waals surface area contributed by atoms with Gasteiger partial charge in [0.2, 0.25) is 0 Å². The van der Waals surface area contributed by atoms with Crippen LogP contribution in [0, 0.1) is 0 Å². The van der Waals surface area contributed by atoms with E-state index < -0.39 is 18.1 Å². The lowest BCUT2D eigenvalue weighted by molar-refractivity contribution is -0.188. The first-order valence-electron chi connectivity index (χ1n) is 11.6. The van der Waals surface area contributed by atoms with Gasteiger partial charge in [0.1, 0.15) is 0 Å². The van der Waals surface area contributed by atoms with Crippen LogP contribution in [-0.2, 0) is 16.1 Å². The van der Waals surface area contributed by atoms with E-state index in [2.05, 4.69) is 11.8 Å². The largest absolute Gasteiger partial charge is 0.481 e. The van der Waals surface area contributed by atoms with Crippen LogP contribution < -0.4 is 0 Å². The molecular formula is C24H35F3N2O3. The maximum atomic E-state index is 12.5. The van der Waals surface area contributed by atoms with Crippen molar-refractivity contribution in [1.82, 2.24) is 9.80 Å². The summed E-state index contributed by atoms with van der Waals surface area (Å²) in [5, 5.41) is 8.32. The smallest absolute Gasteiger partial charge is 0.471 e. The van der Waals surface area contributed by atoms with Gasteiger partial charge < -0.3 is 10.0 Å². The Kier molecular flexibility index (Phi) is 10.5. The quantitative estimate of drug-likeness (QED) is 0.516. The van der Waals surface area contributed by atoms with E-state index in [1.807, 2.05) is 30.3 Å². The van der Waals surface area contributed by atoms with Crippen LogP contribution in [0.2, 0.25) is 0 Å². The molecule has 1 aromatic carbocycles. The molecule has 2 fully saturated rings. The van der Waals surface area contributed by atoms with Crippen molar-refractivity contribution in [1.29, 1.82) is 0 Å². The summed E-state index contributed by atoms with van der Waals surface area (Å²) in [6, 6.07) is 9.98. The molecule has 2 aliphatic rings. The highest BCUT2D eigenvalue weighted by atomic mass is 19.4. The number of unbranched alkanes of at least 4 members (excludes halogenated alkanes) is 5. The zero-order valence-electron chi connectivity index (χ0n) is 18.8. The van der Waals surface area contributed by atoms with Crippen LogP contribution >= 0.6 is 0 Å². The second-order valence-electron chi connectivity index (χ2n) is 8.66. The minimum absolute atomic E-state index is 0.0373. The second kappa shape index (κ2) is 12.8. The summed E-state index contributed by atoms with van der Waals surface area (Å²) in [4.78, 5) is 24.7. The van der Waals surface area contributed by atoms with Crippen molar-refractivity contribution in [3.63, 3.8) is 0 Å². The topological polar surface area (TPSA) is 60.9 Å². The van der Waals surface area contributed by atoms with Crippen LogP contribution in [0.15, 0.2) is 30.3 Å². The van der Waals surface area contributed by atoms with Crippen molar-refractivity contribution in [2.45, 2.75) is 89.5 Å². The highest BCUT2D eigenvalue weighted by Gasteiger charge is 2.48. The molecule has 2 aliphatic heterocycles. The molecule has 2 bridgehead atoms. The Morgan fingerprint density at radius 1 is 0.969 bits per heavy atom. The molecule has 0 radical (unpaired) electrons. The Labute approximate surface area is 188 Å². The normalized spacial score (nSPS) is 20.6. The van der Waals surface area contributed by atoms with Crippen molar-refractivity contribution in [3.05, 3.63) is 35.9 Å². The lowest BCUT2D eigenvalue weighted by Crippen LogP contribution is -2.57. The zero-order chi connectivity index (χ0) is 23.6. The van der Waals surface area contributed by atoms with E-state index in [1.54, 1.807) is 0 Å². The van der Waals surface area contributed by atoms with Gasteiger partial charge in [0.15, 0.2) is 0 Å². The Morgan fingerprint density at radius 3 is 2.06 bits per heavy atom. The molecule has 2 saturated heterocycles. The third-order valence-electron chi connectivity index (χ3n) is 6.12. The lowest BCUT2D eigenvalue weighted by Gasteiger charge is -2.41. The monoisotopic (exact) mass is 456 g/mol. The number of halogens is 3. The maximum Gasteiger partial charge on any atom is 0.471 e. The average molecular weight is 457 g/mol. The number of piperazine rings is 1. The second-order valence-corrected chi connectivity index (χ2v) is 8.66. The predicted octanol–water partition coefficient (Wildman–Crippen LogP) is 5.25. The van der Waals surface area contributed by atoms with Gasteiger partial charge in [0.05, 0.1) is 0 Å². The number of carboxylic acid groups (broad SMARTS) is 1. The molecule has 0 aromatic heterocycles. The predicted molar refractivity (Wildman–Crippen MR) is 117 cm³/mol. The fourth-order valence-corrected chi connectivity index (χ4v) is 4.44. The van der Waals surface area contributed by atoms with Gasteiger partial charge in [-0.15, -0.1) is 0 Å². The standard InChI is InChI=1S/C15H17F3N2O.C9H18O2/c16-15(17,18)14(21)19-9-12-6-7-13(10-19)20(12)8-11-4-2-1-3-5-11;1-2-3-4-5-6-7-8-9(10)11/h1-5,12-13H,6-10H2;2-8H2,1H3,(H,10,11). The van der Waals surface area contributed by atoms with Gasteiger partial charge in [-0.1, -0.05) is 69.4 Å². The number of aliphatic carboxylic acids is 1. The van der Waals surface area contributed by atoms with Crippen molar-refractivity contribution >= 4 is 11.9 Å². The summed E-state index contributed by atoms with van der Waals surface area (Å²) in [6.45, 7) is 3.28. The van der Waals surface area contributed by atoms with Crippen molar-refractivity contribution in [3.8, 4) is 0 Å². The van der Waals surface area contributed by atoms with Crippen LogP contribution in [0.25, 0.3) is 0 Å². The molecule has 0 saturated carbocycles. The van der Waals surface area contributed by atoms with E-state index in [-0.39, 0.29) is 25.2 Å². The first-order chi connectivity index (χ1) is 15.2. The summed E-state index contributed by atoms with van der Waals surface area (Å²) in [6.07, 6.45) is 4.21. The fraction of sp³-hybridized carbons (Fsp3) is 0.667. The van der Waals surface area contributed by atoms with E-state index in [1.165, 1.54) is 25.7 Å². The summed E-state index contributed by atoms with van der Waals surface area (Å²) in [5.41, 5.74) is 1.16. The highest BCUT2D eigenvalue weighted by Crippen LogP contribution is 2.33. The molecular weight excluding hydrogens is 421 g/mol. The first-order valence-corrected chi connectivity index (χ1v) is 11.6. The number of likely N-dealkylation sites (tertiary alicyclic amines) is 1. The van der Waals surface area contributed by atoms with Crippen molar-refractivity contribution < 1.29 is 27.9 Å². The van der Waals surface area contributed by atoms with Crippen LogP contribution in [-0.4, -0.2) is 58.1 Å². The van der Waals surface area contributed by atoms with E-state index in [0.717, 1.165) is 42.7 Å². The van der Waals surface area contributed by atoms with E-state index in [9.17, 15) is 22.8 Å². The van der Waals surface area contributed by atoms with Gasteiger partial charge in [0.25, 0.3) is 0 Å². The van der Waals surface area contributed by atoms with Gasteiger partial charge in [0, 0.05) is 38.1 Å². The van der Waals surface area contributed by atoms with Gasteiger partial charge in [-0.05, 0) is 24.8 Å². The van der Waals surface area contributed by atoms with Crippen LogP contribution in [0.4, 0.5) is 13.2 Å². The molecule has 32 heavy (non-hydrogen) atoms. The summed E-state index contributed by atoms with van der Waals surface area (Å²) < 4.78 is 37.6. The number of fused-ring (bicyclic) bond motifs is 2. The Morgan fingerprint density at radius 2 is 1.53 bits per heavy atom. The van der Waals surface area contributed by atoms with E-state index >= 15 is 0 Å². The number of rotatable bonds is 9. The van der Waals surface area contributed by atoms with E-state index in [0.29, 0.717) is 6.42 Å². The molecule has 2 unspecified atom stereocenters. The third-order valence-corrected chi connectivity index (χ3v) is 6.12. The molecule has 3 rings (SSSR count). The molecule has 1 amide bonds. The third kappa shape index (κ3) is 8.45. The van der Waals surface area contributed by atoms with Gasteiger partial charge in [-0.2, -0.15) is 13.2 Å². The summed E-state index contributed by atoms with van der Waals surface area (Å²) in [5.74, 6) is -2.36. The number of carboxylic acids is 1. The number of alkyl halides is 3. The van der Waals surface area contributed by atoms with Gasteiger partial charge >= 0.3 is 18.1 Å². The Hall–Kier alpha value is -2.09. The molecule has 1 N–H and O–H groups in total. The molecule has 2 heterocycles. The molecule has 0 spiro atoms. The van der Waals surface area contributed by atoms with Crippen molar-refractivity contribution in [2.75, 3.05) is 13.1 Å². The SMILES string of the molecule is CCCCCCCCC(=O)O.O=C(N1CC2CCC(C1)N2Cc1ccccc1)C(F)(F)F. The van der Waals surface area contributed by atoms with Crippen LogP contribution in [0.1, 0.15) is 70.3 Å². The number of nitrogens with zero attached hydrogens (tertiary/aromatic N) is 2. The summed E-state index contributed by atoms with van der Waals surface area (Å²) in [7, 11) is 0.